The molecule has 1 unspecified atom stereocenters. The van der Waals surface area contributed by atoms with Gasteiger partial charge in [0, 0.05) is 49.6 Å². The lowest BCUT2D eigenvalue weighted by Crippen LogP contribution is -2.72. The summed E-state index contributed by atoms with van der Waals surface area (Å²) in [4.78, 5) is 2.46. The van der Waals surface area contributed by atoms with Crippen molar-refractivity contribution >= 4 is 62.5 Å². The third-order valence-electron chi connectivity index (χ3n) is 12.5. The summed E-state index contributed by atoms with van der Waals surface area (Å²) in [6, 6.07) is 35.6. The number of fused-ring (bicyclic) bond motifs is 6. The number of nitrogens with zero attached hydrogens (tertiary/aromatic N) is 2. The van der Waals surface area contributed by atoms with Gasteiger partial charge in [0.25, 0.3) is 0 Å². The Balaban J connectivity index is 1.27. The smallest absolute Gasteiger partial charge is 0.170 e. The molecule has 4 aliphatic rings. The van der Waals surface area contributed by atoms with Crippen LogP contribution in [0, 0.1) is 0 Å². The standard InChI is InChI=1S/C49H46N2O3Si/c1-47(2,3)27-19-21-35-37(23-27)52-38-26-32(49(7,8)9)43-46-41(38)51(35)36-22-20-31(48(4,5)6)42-44(36)55(46,10)45-39(53-42)24-28(25-40(45)54-43)50-33-17-13-11-15-29(33)30-16-12-14-18-34(30)50/h11-26H,1-10H3. The van der Waals surface area contributed by atoms with Gasteiger partial charge in [0.15, 0.2) is 19.6 Å². The molecule has 11 rings (SSSR count). The van der Waals surface area contributed by atoms with Gasteiger partial charge in [-0.2, -0.15) is 0 Å². The van der Waals surface area contributed by atoms with Crippen LogP contribution < -0.4 is 34.7 Å². The summed E-state index contributed by atoms with van der Waals surface area (Å²) >= 11 is 0. The molecule has 6 heteroatoms. The number of hydrogen-bond acceptors (Lipinski definition) is 4. The number of para-hydroxylation sites is 2. The molecule has 274 valence electrons. The van der Waals surface area contributed by atoms with Gasteiger partial charge < -0.3 is 23.7 Å². The van der Waals surface area contributed by atoms with E-state index in [0.29, 0.717) is 0 Å². The van der Waals surface area contributed by atoms with Crippen LogP contribution in [0.1, 0.15) is 79.0 Å². The first-order chi connectivity index (χ1) is 26.0. The van der Waals surface area contributed by atoms with Gasteiger partial charge in [-0.1, -0.05) is 117 Å². The van der Waals surface area contributed by atoms with Gasteiger partial charge in [0.2, 0.25) is 0 Å². The van der Waals surface area contributed by atoms with Crippen LogP contribution in [0.25, 0.3) is 27.5 Å². The molecule has 0 aliphatic carbocycles. The zero-order chi connectivity index (χ0) is 38.1. The van der Waals surface area contributed by atoms with Crippen molar-refractivity contribution in [2.24, 2.45) is 0 Å². The fourth-order valence-corrected chi connectivity index (χ4v) is 14.6. The van der Waals surface area contributed by atoms with Gasteiger partial charge in [0.05, 0.1) is 33.8 Å². The maximum absolute atomic E-state index is 7.42. The van der Waals surface area contributed by atoms with Gasteiger partial charge in [0.1, 0.15) is 23.0 Å². The first-order valence-electron chi connectivity index (χ1n) is 19.6. The molecule has 0 radical (unpaired) electrons. The second-order valence-corrected chi connectivity index (χ2v) is 22.9. The van der Waals surface area contributed by atoms with Crippen LogP contribution in [0.3, 0.4) is 0 Å². The molecule has 55 heavy (non-hydrogen) atoms. The fourth-order valence-electron chi connectivity index (χ4n) is 9.89. The first kappa shape index (κ1) is 32.9. The van der Waals surface area contributed by atoms with Crippen LogP contribution in [0.15, 0.2) is 97.1 Å². The Morgan fingerprint density at radius 3 is 1.67 bits per heavy atom. The normalized spacial score (nSPS) is 17.4. The number of aromatic nitrogens is 1. The maximum atomic E-state index is 7.42. The van der Waals surface area contributed by atoms with Gasteiger partial charge in [-0.05, 0) is 58.2 Å². The SMILES string of the molecule is CC(C)(C)c1ccc2c(c1)Oc1cc(C(C)(C)C)c3c4c1N2c1ccc(C(C)(C)C)c2c1[Si]4(C)c1c(cc(-n4c5ccccc5c5ccccc54)cc1O3)O2. The number of rotatable bonds is 1. The Labute approximate surface area is 324 Å². The molecule has 0 N–H and O–H groups in total. The number of hydrogen-bond donors (Lipinski definition) is 0. The molecule has 6 aromatic carbocycles. The van der Waals surface area contributed by atoms with E-state index in [9.17, 15) is 0 Å². The largest absolute Gasteiger partial charge is 0.457 e. The third kappa shape index (κ3) is 4.18. The highest BCUT2D eigenvalue weighted by atomic mass is 28.3. The van der Waals surface area contributed by atoms with E-state index in [0.717, 1.165) is 68.2 Å². The Kier molecular flexibility index (Phi) is 6.12. The molecule has 7 aromatic rings. The molecule has 4 aliphatic heterocycles. The molecule has 0 spiro atoms. The van der Waals surface area contributed by atoms with Crippen LogP contribution >= 0.6 is 0 Å². The second-order valence-electron chi connectivity index (χ2n) is 19.2. The van der Waals surface area contributed by atoms with Crippen molar-refractivity contribution in [3.63, 3.8) is 0 Å². The van der Waals surface area contributed by atoms with E-state index in [-0.39, 0.29) is 16.2 Å². The molecule has 1 atom stereocenters. The average molecular weight is 739 g/mol. The number of ether oxygens (including phenoxy) is 3. The summed E-state index contributed by atoms with van der Waals surface area (Å²) in [6.45, 7) is 23.1. The summed E-state index contributed by atoms with van der Waals surface area (Å²) in [5.41, 5.74) is 9.91. The summed E-state index contributed by atoms with van der Waals surface area (Å²) in [6.07, 6.45) is 0. The highest BCUT2D eigenvalue weighted by Gasteiger charge is 2.58. The molecule has 5 nitrogen and oxygen atoms in total. The van der Waals surface area contributed by atoms with Crippen LogP contribution in [0.4, 0.5) is 17.1 Å². The van der Waals surface area contributed by atoms with Gasteiger partial charge in [-0.25, -0.2) is 0 Å². The highest BCUT2D eigenvalue weighted by molar-refractivity contribution is 7.14. The van der Waals surface area contributed by atoms with E-state index < -0.39 is 8.07 Å². The minimum Gasteiger partial charge on any atom is -0.457 e. The molecule has 1 aromatic heterocycles. The van der Waals surface area contributed by atoms with Crippen LogP contribution in [-0.4, -0.2) is 12.6 Å². The summed E-state index contributed by atoms with van der Waals surface area (Å²) < 4.78 is 24.3. The third-order valence-corrected chi connectivity index (χ3v) is 17.0. The van der Waals surface area contributed by atoms with Gasteiger partial charge in [-0.15, -0.1) is 0 Å². The maximum Gasteiger partial charge on any atom is 0.170 e. The molecular formula is C49H46N2O3Si. The molecule has 0 saturated heterocycles. The molecule has 0 bridgehead atoms. The van der Waals surface area contributed by atoms with E-state index >= 15 is 0 Å². The monoisotopic (exact) mass is 738 g/mol. The molecule has 0 saturated carbocycles. The number of benzene rings is 6. The van der Waals surface area contributed by atoms with Crippen molar-refractivity contribution in [3.05, 3.63) is 114 Å². The lowest BCUT2D eigenvalue weighted by atomic mass is 9.84. The van der Waals surface area contributed by atoms with E-state index in [1.54, 1.807) is 0 Å². The predicted octanol–water partition coefficient (Wildman–Crippen LogP) is 11.9. The van der Waals surface area contributed by atoms with E-state index in [1.807, 2.05) is 0 Å². The topological polar surface area (TPSA) is 35.9 Å². The Morgan fingerprint density at radius 1 is 0.491 bits per heavy atom. The summed E-state index contributed by atoms with van der Waals surface area (Å²) in [7, 11) is -2.84. The number of anilines is 3. The molecule has 0 amide bonds. The Morgan fingerprint density at radius 2 is 1.07 bits per heavy atom. The average Bonchev–Trinajstić information content (AvgIpc) is 3.46. The summed E-state index contributed by atoms with van der Waals surface area (Å²) in [5, 5.41) is 6.26. The molecule has 5 heterocycles. The zero-order valence-corrected chi connectivity index (χ0v) is 34.4. The van der Waals surface area contributed by atoms with Gasteiger partial charge >= 0.3 is 0 Å². The van der Waals surface area contributed by atoms with Crippen LogP contribution in [-0.2, 0) is 16.2 Å². The van der Waals surface area contributed by atoms with E-state index in [1.165, 1.54) is 43.1 Å². The minimum absolute atomic E-state index is 0.0220. The van der Waals surface area contributed by atoms with E-state index in [4.69, 9.17) is 14.2 Å². The zero-order valence-electron chi connectivity index (χ0n) is 33.4. The highest BCUT2D eigenvalue weighted by Crippen LogP contribution is 2.59. The van der Waals surface area contributed by atoms with Crippen molar-refractivity contribution in [1.82, 2.24) is 4.57 Å². The van der Waals surface area contributed by atoms with Crippen LogP contribution in [0.2, 0.25) is 6.55 Å². The van der Waals surface area contributed by atoms with Gasteiger partial charge in [-0.3, -0.25) is 0 Å². The van der Waals surface area contributed by atoms with Crippen molar-refractivity contribution in [3.8, 4) is 40.2 Å². The lowest BCUT2D eigenvalue weighted by molar-refractivity contribution is 0.433. The predicted molar refractivity (Wildman–Crippen MR) is 229 cm³/mol. The van der Waals surface area contributed by atoms with E-state index in [2.05, 4.69) is 175 Å². The van der Waals surface area contributed by atoms with Crippen LogP contribution in [0.5, 0.6) is 34.5 Å². The summed E-state index contributed by atoms with van der Waals surface area (Å²) in [5.74, 6) is 5.52. The van der Waals surface area contributed by atoms with Crippen molar-refractivity contribution in [1.29, 1.82) is 0 Å². The van der Waals surface area contributed by atoms with Crippen molar-refractivity contribution < 1.29 is 14.2 Å². The Hall–Kier alpha value is -5.46. The quantitative estimate of drug-likeness (QED) is 0.157. The molecular weight excluding hydrogens is 693 g/mol. The van der Waals surface area contributed by atoms with Crippen molar-refractivity contribution in [2.45, 2.75) is 85.1 Å². The minimum atomic E-state index is -2.84. The Bertz CT molecular complexity index is 2810. The van der Waals surface area contributed by atoms with Crippen molar-refractivity contribution in [2.75, 3.05) is 4.90 Å². The second kappa shape index (κ2) is 10.2. The fraction of sp³-hybridized carbons (Fsp3) is 0.265. The molecule has 0 fully saturated rings. The lowest BCUT2D eigenvalue weighted by Gasteiger charge is -2.51. The first-order valence-corrected chi connectivity index (χ1v) is 22.1.